The molecule has 0 aliphatic rings. The molecule has 0 spiro atoms. The Morgan fingerprint density at radius 1 is 1.32 bits per heavy atom. The molecule has 0 amide bonds. The summed E-state index contributed by atoms with van der Waals surface area (Å²) in [5.74, 6) is 0.317. The predicted molar refractivity (Wildman–Crippen MR) is 77.7 cm³/mol. The topological polar surface area (TPSA) is 55.4 Å². The first-order chi connectivity index (χ1) is 8.98. The van der Waals surface area contributed by atoms with Crippen molar-refractivity contribution in [3.63, 3.8) is 0 Å². The van der Waals surface area contributed by atoms with Crippen LogP contribution in [-0.4, -0.2) is 27.2 Å². The number of hydrogen-bond acceptors (Lipinski definition) is 3. The van der Waals surface area contributed by atoms with E-state index in [4.69, 9.17) is 16.3 Å². The largest absolute Gasteiger partial charge is 0.380 e. The lowest BCUT2D eigenvalue weighted by atomic mass is 10.1. The summed E-state index contributed by atoms with van der Waals surface area (Å²) in [6.07, 6.45) is 0. The summed E-state index contributed by atoms with van der Waals surface area (Å²) in [6, 6.07) is 7.60. The van der Waals surface area contributed by atoms with Crippen molar-refractivity contribution in [2.45, 2.75) is 20.1 Å². The van der Waals surface area contributed by atoms with Gasteiger partial charge >= 0.3 is 0 Å². The molecular weight excluding hydrogens is 286 g/mol. The van der Waals surface area contributed by atoms with E-state index in [1.54, 1.807) is 7.11 Å². The van der Waals surface area contributed by atoms with Gasteiger partial charge in [-0.05, 0) is 17.0 Å². The fraction of sp³-hybridized carbons (Fsp3) is 0.538. The van der Waals surface area contributed by atoms with Crippen LogP contribution in [0.5, 0.6) is 0 Å². The van der Waals surface area contributed by atoms with E-state index in [1.807, 2.05) is 31.2 Å². The minimum absolute atomic E-state index is 0.0446. The van der Waals surface area contributed by atoms with Gasteiger partial charge in [-0.1, -0.05) is 31.2 Å². The van der Waals surface area contributed by atoms with Gasteiger partial charge in [-0.3, -0.25) is 0 Å². The molecule has 0 aliphatic carbocycles. The summed E-state index contributed by atoms with van der Waals surface area (Å²) in [6.45, 7) is 2.55. The predicted octanol–water partition coefficient (Wildman–Crippen LogP) is 2.13. The maximum Gasteiger partial charge on any atom is 0.212 e. The van der Waals surface area contributed by atoms with Crippen LogP contribution >= 0.6 is 11.6 Å². The molecule has 1 atom stereocenters. The molecule has 0 heterocycles. The van der Waals surface area contributed by atoms with Crippen molar-refractivity contribution in [2.24, 2.45) is 5.92 Å². The molecule has 1 aromatic rings. The van der Waals surface area contributed by atoms with Crippen LogP contribution in [0.1, 0.15) is 18.1 Å². The lowest BCUT2D eigenvalue weighted by Crippen LogP contribution is -2.29. The molecule has 0 saturated carbocycles. The summed E-state index contributed by atoms with van der Waals surface area (Å²) in [7, 11) is -1.68. The molecule has 0 bridgehead atoms. The zero-order valence-corrected chi connectivity index (χ0v) is 12.8. The first-order valence-corrected chi connectivity index (χ1v) is 8.26. The lowest BCUT2D eigenvalue weighted by molar-refractivity contribution is 0.184. The number of benzene rings is 1. The van der Waals surface area contributed by atoms with E-state index < -0.39 is 10.0 Å². The quantitative estimate of drug-likeness (QED) is 0.749. The SMILES string of the molecule is COCc1ccccc1CNS(=O)(=O)CC(C)CCl. The number of halogens is 1. The van der Waals surface area contributed by atoms with Gasteiger partial charge in [0.15, 0.2) is 0 Å². The number of rotatable bonds is 8. The minimum Gasteiger partial charge on any atom is -0.380 e. The van der Waals surface area contributed by atoms with Crippen LogP contribution in [0.3, 0.4) is 0 Å². The third-order valence-corrected chi connectivity index (χ3v) is 4.79. The summed E-state index contributed by atoms with van der Waals surface area (Å²) in [4.78, 5) is 0. The van der Waals surface area contributed by atoms with E-state index in [9.17, 15) is 8.42 Å². The molecule has 0 aromatic heterocycles. The Kier molecular flexibility index (Phi) is 6.79. The number of sulfonamides is 1. The minimum atomic E-state index is -3.30. The van der Waals surface area contributed by atoms with Crippen molar-refractivity contribution in [3.05, 3.63) is 35.4 Å². The maximum absolute atomic E-state index is 11.8. The molecular formula is C13H20ClNO3S. The summed E-state index contributed by atoms with van der Waals surface area (Å²) < 4.78 is 31.4. The van der Waals surface area contributed by atoms with Gasteiger partial charge in [-0.2, -0.15) is 0 Å². The molecule has 108 valence electrons. The zero-order chi connectivity index (χ0) is 14.3. The highest BCUT2D eigenvalue weighted by atomic mass is 35.5. The van der Waals surface area contributed by atoms with E-state index in [-0.39, 0.29) is 18.2 Å². The molecule has 0 radical (unpaired) electrons. The Balaban J connectivity index is 2.66. The average Bonchev–Trinajstić information content (AvgIpc) is 2.37. The molecule has 1 rings (SSSR count). The van der Waals surface area contributed by atoms with Crippen molar-refractivity contribution in [1.82, 2.24) is 4.72 Å². The zero-order valence-electron chi connectivity index (χ0n) is 11.2. The fourth-order valence-corrected chi connectivity index (χ4v) is 3.29. The van der Waals surface area contributed by atoms with E-state index in [2.05, 4.69) is 4.72 Å². The highest BCUT2D eigenvalue weighted by Crippen LogP contribution is 2.10. The summed E-state index contributed by atoms with van der Waals surface area (Å²) in [5.41, 5.74) is 1.91. The maximum atomic E-state index is 11.8. The van der Waals surface area contributed by atoms with Crippen molar-refractivity contribution in [2.75, 3.05) is 18.7 Å². The standard InChI is InChI=1S/C13H20ClNO3S/c1-11(7-14)10-19(16,17)15-8-12-5-3-4-6-13(12)9-18-2/h3-6,11,15H,7-10H2,1-2H3. The Labute approximate surface area is 120 Å². The molecule has 19 heavy (non-hydrogen) atoms. The molecule has 6 heteroatoms. The smallest absolute Gasteiger partial charge is 0.212 e. The van der Waals surface area contributed by atoms with Gasteiger partial charge in [-0.15, -0.1) is 11.6 Å². The Hall–Kier alpha value is -0.620. The van der Waals surface area contributed by atoms with Crippen molar-refractivity contribution in [3.8, 4) is 0 Å². The number of hydrogen-bond donors (Lipinski definition) is 1. The summed E-state index contributed by atoms with van der Waals surface area (Å²) in [5, 5.41) is 0. The second kappa shape index (κ2) is 7.85. The van der Waals surface area contributed by atoms with Crippen LogP contribution < -0.4 is 4.72 Å². The van der Waals surface area contributed by atoms with Gasteiger partial charge in [-0.25, -0.2) is 13.1 Å². The number of nitrogens with one attached hydrogen (secondary N) is 1. The van der Waals surface area contributed by atoms with Crippen molar-refractivity contribution in [1.29, 1.82) is 0 Å². The monoisotopic (exact) mass is 305 g/mol. The van der Waals surface area contributed by atoms with Crippen LogP contribution in [0.4, 0.5) is 0 Å². The van der Waals surface area contributed by atoms with Crippen LogP contribution in [-0.2, 0) is 27.9 Å². The number of alkyl halides is 1. The molecule has 1 aromatic carbocycles. The van der Waals surface area contributed by atoms with Crippen LogP contribution in [0.15, 0.2) is 24.3 Å². The van der Waals surface area contributed by atoms with Gasteiger partial charge in [0.2, 0.25) is 10.0 Å². The first-order valence-electron chi connectivity index (χ1n) is 6.07. The highest BCUT2D eigenvalue weighted by Gasteiger charge is 2.15. The van der Waals surface area contributed by atoms with E-state index in [0.717, 1.165) is 11.1 Å². The number of methoxy groups -OCH3 is 1. The van der Waals surface area contributed by atoms with Crippen LogP contribution in [0, 0.1) is 5.92 Å². The van der Waals surface area contributed by atoms with E-state index >= 15 is 0 Å². The molecule has 1 N–H and O–H groups in total. The van der Waals surface area contributed by atoms with E-state index in [0.29, 0.717) is 12.5 Å². The molecule has 4 nitrogen and oxygen atoms in total. The first kappa shape index (κ1) is 16.4. The van der Waals surface area contributed by atoms with Gasteiger partial charge in [0, 0.05) is 19.5 Å². The van der Waals surface area contributed by atoms with Crippen LogP contribution in [0.2, 0.25) is 0 Å². The fourth-order valence-electron chi connectivity index (χ4n) is 1.69. The Morgan fingerprint density at radius 3 is 2.53 bits per heavy atom. The van der Waals surface area contributed by atoms with Gasteiger partial charge in [0.1, 0.15) is 0 Å². The third-order valence-electron chi connectivity index (χ3n) is 2.67. The van der Waals surface area contributed by atoms with Gasteiger partial charge < -0.3 is 4.74 Å². The third kappa shape index (κ3) is 5.91. The average molecular weight is 306 g/mol. The normalized spacial score (nSPS) is 13.4. The molecule has 0 aliphatic heterocycles. The van der Waals surface area contributed by atoms with Gasteiger partial charge in [0.25, 0.3) is 0 Å². The van der Waals surface area contributed by atoms with Gasteiger partial charge in [0.05, 0.1) is 12.4 Å². The Bertz CT molecular complexity index is 490. The van der Waals surface area contributed by atoms with Crippen molar-refractivity contribution >= 4 is 21.6 Å². The lowest BCUT2D eigenvalue weighted by Gasteiger charge is -2.12. The second-order valence-corrected chi connectivity index (χ2v) is 6.72. The van der Waals surface area contributed by atoms with Crippen LogP contribution in [0.25, 0.3) is 0 Å². The molecule has 0 fully saturated rings. The molecule has 0 saturated heterocycles. The van der Waals surface area contributed by atoms with E-state index in [1.165, 1.54) is 0 Å². The summed E-state index contributed by atoms with van der Waals surface area (Å²) >= 11 is 5.63. The Morgan fingerprint density at radius 2 is 1.95 bits per heavy atom. The number of ether oxygens (including phenoxy) is 1. The highest BCUT2D eigenvalue weighted by molar-refractivity contribution is 7.89. The molecule has 1 unspecified atom stereocenters. The second-order valence-electron chi connectivity index (χ2n) is 4.56. The van der Waals surface area contributed by atoms with Crippen molar-refractivity contribution < 1.29 is 13.2 Å².